The molecular formula is C10H10ClNO3. The number of hydrogen-bond donors (Lipinski definition) is 2. The Morgan fingerprint density at radius 3 is 2.87 bits per heavy atom. The first-order valence-corrected chi connectivity index (χ1v) is 4.50. The van der Waals surface area contributed by atoms with E-state index in [0.29, 0.717) is 0 Å². The van der Waals surface area contributed by atoms with E-state index in [0.717, 1.165) is 0 Å². The third kappa shape index (κ3) is 2.63. The van der Waals surface area contributed by atoms with Crippen LogP contribution in [0.3, 0.4) is 0 Å². The smallest absolute Gasteiger partial charge is 0.339 e. The number of benzene rings is 1. The van der Waals surface area contributed by atoms with Crippen LogP contribution in [-0.2, 0) is 0 Å². The molecule has 0 aromatic heterocycles. The second-order valence-corrected chi connectivity index (χ2v) is 3.18. The Labute approximate surface area is 91.9 Å². The highest BCUT2D eigenvalue weighted by molar-refractivity contribution is 6.33. The Balaban J connectivity index is 3.15. The summed E-state index contributed by atoms with van der Waals surface area (Å²) in [5.41, 5.74) is 5.79. The van der Waals surface area contributed by atoms with E-state index in [1.807, 2.05) is 0 Å². The van der Waals surface area contributed by atoms with Gasteiger partial charge in [0.1, 0.15) is 17.9 Å². The summed E-state index contributed by atoms with van der Waals surface area (Å²) in [6.45, 7) is 3.67. The van der Waals surface area contributed by atoms with Crippen molar-refractivity contribution < 1.29 is 14.6 Å². The number of halogens is 1. The van der Waals surface area contributed by atoms with Gasteiger partial charge in [0.25, 0.3) is 0 Å². The molecule has 4 nitrogen and oxygen atoms in total. The Morgan fingerprint density at radius 2 is 2.33 bits per heavy atom. The summed E-state index contributed by atoms with van der Waals surface area (Å²) < 4.78 is 5.15. The molecule has 0 bridgehead atoms. The molecule has 0 unspecified atom stereocenters. The van der Waals surface area contributed by atoms with Crippen molar-refractivity contribution >= 4 is 23.3 Å². The summed E-state index contributed by atoms with van der Waals surface area (Å²) in [5.74, 6) is -0.930. The average molecular weight is 228 g/mol. The minimum atomic E-state index is -1.11. The van der Waals surface area contributed by atoms with Crippen LogP contribution in [0.2, 0.25) is 5.02 Å². The van der Waals surface area contributed by atoms with Gasteiger partial charge in [0, 0.05) is 6.07 Å². The van der Waals surface area contributed by atoms with Crippen LogP contribution in [0.15, 0.2) is 24.8 Å². The summed E-state index contributed by atoms with van der Waals surface area (Å²) >= 11 is 5.70. The lowest BCUT2D eigenvalue weighted by molar-refractivity contribution is 0.0693. The fourth-order valence-corrected chi connectivity index (χ4v) is 1.17. The van der Waals surface area contributed by atoms with Crippen molar-refractivity contribution in [1.82, 2.24) is 0 Å². The molecule has 15 heavy (non-hydrogen) atoms. The van der Waals surface area contributed by atoms with Gasteiger partial charge in [0.15, 0.2) is 0 Å². The van der Waals surface area contributed by atoms with Crippen molar-refractivity contribution in [2.24, 2.45) is 0 Å². The predicted octanol–water partition coefficient (Wildman–Crippen LogP) is 2.19. The van der Waals surface area contributed by atoms with E-state index >= 15 is 0 Å². The third-order valence-electron chi connectivity index (χ3n) is 1.69. The van der Waals surface area contributed by atoms with Crippen LogP contribution < -0.4 is 10.5 Å². The highest BCUT2D eigenvalue weighted by Crippen LogP contribution is 2.28. The summed E-state index contributed by atoms with van der Waals surface area (Å²) in [7, 11) is 0. The zero-order valence-electron chi connectivity index (χ0n) is 7.87. The van der Waals surface area contributed by atoms with Gasteiger partial charge >= 0.3 is 5.97 Å². The number of nitrogen functional groups attached to an aromatic ring is 1. The Morgan fingerprint density at radius 1 is 1.67 bits per heavy atom. The number of ether oxygens (including phenoxy) is 1. The first-order chi connectivity index (χ1) is 7.06. The van der Waals surface area contributed by atoms with E-state index in [4.69, 9.17) is 27.2 Å². The van der Waals surface area contributed by atoms with Crippen LogP contribution in [0.25, 0.3) is 0 Å². The van der Waals surface area contributed by atoms with Gasteiger partial charge in [-0.05, 0) is 6.07 Å². The van der Waals surface area contributed by atoms with Crippen molar-refractivity contribution in [3.05, 3.63) is 35.4 Å². The van der Waals surface area contributed by atoms with Crippen LogP contribution in [0.1, 0.15) is 10.4 Å². The molecule has 0 heterocycles. The summed E-state index contributed by atoms with van der Waals surface area (Å²) in [4.78, 5) is 10.8. The van der Waals surface area contributed by atoms with Crippen LogP contribution in [0, 0.1) is 0 Å². The van der Waals surface area contributed by atoms with E-state index in [2.05, 4.69) is 6.58 Å². The van der Waals surface area contributed by atoms with Crippen molar-refractivity contribution in [2.75, 3.05) is 12.3 Å². The fourth-order valence-electron chi connectivity index (χ4n) is 1.00. The topological polar surface area (TPSA) is 72.5 Å². The Bertz CT molecular complexity index is 404. The van der Waals surface area contributed by atoms with E-state index in [1.54, 1.807) is 0 Å². The second-order valence-electron chi connectivity index (χ2n) is 2.77. The van der Waals surface area contributed by atoms with E-state index in [-0.39, 0.29) is 28.6 Å². The molecule has 80 valence electrons. The minimum absolute atomic E-state index is 0.0175. The Hall–Kier alpha value is -1.68. The first kappa shape index (κ1) is 11.4. The maximum absolute atomic E-state index is 10.8. The van der Waals surface area contributed by atoms with E-state index < -0.39 is 5.97 Å². The molecule has 0 saturated heterocycles. The largest absolute Gasteiger partial charge is 0.489 e. The van der Waals surface area contributed by atoms with Gasteiger partial charge in [-0.2, -0.15) is 0 Å². The van der Waals surface area contributed by atoms with Crippen LogP contribution in [0.4, 0.5) is 5.69 Å². The number of carboxylic acid groups (broad SMARTS) is 1. The van der Waals surface area contributed by atoms with Gasteiger partial charge in [-0.15, -0.1) is 0 Å². The zero-order chi connectivity index (χ0) is 11.4. The van der Waals surface area contributed by atoms with Crippen molar-refractivity contribution in [1.29, 1.82) is 0 Å². The van der Waals surface area contributed by atoms with Gasteiger partial charge in [0.2, 0.25) is 0 Å². The molecule has 1 aromatic rings. The Kier molecular flexibility index (Phi) is 3.57. The second kappa shape index (κ2) is 4.70. The highest BCUT2D eigenvalue weighted by Gasteiger charge is 2.13. The standard InChI is InChI=1S/C10H10ClNO3/c1-2-3-15-9-5-8(12)7(11)4-6(9)10(13)14/h2,4-5H,1,3,12H2,(H,13,14). The lowest BCUT2D eigenvalue weighted by atomic mass is 10.2. The number of aromatic carboxylic acids is 1. The van der Waals surface area contributed by atoms with Gasteiger partial charge in [0.05, 0.1) is 10.7 Å². The number of anilines is 1. The van der Waals surface area contributed by atoms with Gasteiger partial charge in [-0.1, -0.05) is 24.3 Å². The summed E-state index contributed by atoms with van der Waals surface area (Å²) in [6, 6.07) is 2.65. The number of nitrogens with two attached hydrogens (primary N) is 1. The fraction of sp³-hybridized carbons (Fsp3) is 0.100. The lowest BCUT2D eigenvalue weighted by Crippen LogP contribution is -2.04. The predicted molar refractivity (Wildman–Crippen MR) is 58.5 cm³/mol. The molecule has 0 amide bonds. The summed E-state index contributed by atoms with van der Waals surface area (Å²) in [5, 5.41) is 9.07. The zero-order valence-corrected chi connectivity index (χ0v) is 8.62. The normalized spacial score (nSPS) is 9.67. The van der Waals surface area contributed by atoms with Crippen LogP contribution >= 0.6 is 11.6 Å². The number of carboxylic acids is 1. The SMILES string of the molecule is C=CCOc1cc(N)c(Cl)cc1C(=O)O. The molecule has 1 rings (SSSR count). The molecule has 5 heteroatoms. The van der Waals surface area contributed by atoms with Crippen LogP contribution in [-0.4, -0.2) is 17.7 Å². The number of carbonyl (C=O) groups is 1. The van der Waals surface area contributed by atoms with E-state index in [1.165, 1.54) is 18.2 Å². The quantitative estimate of drug-likeness (QED) is 0.611. The van der Waals surface area contributed by atoms with Gasteiger partial charge in [-0.3, -0.25) is 0 Å². The maximum Gasteiger partial charge on any atom is 0.339 e. The molecule has 0 atom stereocenters. The number of hydrogen-bond acceptors (Lipinski definition) is 3. The van der Waals surface area contributed by atoms with Gasteiger partial charge in [-0.25, -0.2) is 4.79 Å². The molecule has 0 saturated carbocycles. The maximum atomic E-state index is 10.8. The van der Waals surface area contributed by atoms with Crippen LogP contribution in [0.5, 0.6) is 5.75 Å². The molecule has 0 fully saturated rings. The molecule has 0 aliphatic rings. The average Bonchev–Trinajstić information content (AvgIpc) is 2.19. The number of rotatable bonds is 4. The molecule has 0 aliphatic carbocycles. The van der Waals surface area contributed by atoms with Gasteiger partial charge < -0.3 is 15.6 Å². The minimum Gasteiger partial charge on any atom is -0.489 e. The highest BCUT2D eigenvalue weighted by atomic mass is 35.5. The van der Waals surface area contributed by atoms with E-state index in [9.17, 15) is 4.79 Å². The molecule has 0 spiro atoms. The van der Waals surface area contributed by atoms with Crippen molar-refractivity contribution in [3.63, 3.8) is 0 Å². The molecule has 0 radical (unpaired) electrons. The molecule has 1 aromatic carbocycles. The molecule has 3 N–H and O–H groups in total. The first-order valence-electron chi connectivity index (χ1n) is 4.12. The molecule has 0 aliphatic heterocycles. The molecular weight excluding hydrogens is 218 g/mol. The summed E-state index contributed by atoms with van der Waals surface area (Å²) in [6.07, 6.45) is 1.51. The third-order valence-corrected chi connectivity index (χ3v) is 2.01. The lowest BCUT2D eigenvalue weighted by Gasteiger charge is -2.09. The van der Waals surface area contributed by atoms with Crippen molar-refractivity contribution in [2.45, 2.75) is 0 Å². The van der Waals surface area contributed by atoms with Crippen molar-refractivity contribution in [3.8, 4) is 5.75 Å². The monoisotopic (exact) mass is 227 g/mol.